The molecule has 0 saturated heterocycles. The third kappa shape index (κ3) is 5.55. The van der Waals surface area contributed by atoms with Crippen LogP contribution in [0, 0.1) is 0 Å². The average molecular weight is 662 g/mol. The highest BCUT2D eigenvalue weighted by molar-refractivity contribution is 5.94. The van der Waals surface area contributed by atoms with Gasteiger partial charge in [0.25, 0.3) is 0 Å². The van der Waals surface area contributed by atoms with Crippen LogP contribution in [-0.2, 0) is 0 Å². The van der Waals surface area contributed by atoms with E-state index in [1.807, 2.05) is 6.07 Å². The summed E-state index contributed by atoms with van der Waals surface area (Å²) in [4.78, 5) is 15.3. The molecule has 0 spiro atoms. The Bertz CT molecular complexity index is 2970. The third-order valence-electron chi connectivity index (χ3n) is 10.0. The number of aromatic nitrogens is 3. The van der Waals surface area contributed by atoms with E-state index in [4.69, 9.17) is 15.0 Å². The van der Waals surface area contributed by atoms with E-state index in [1.165, 1.54) is 49.2 Å². The van der Waals surface area contributed by atoms with Crippen LogP contribution in [0.15, 0.2) is 188 Å². The van der Waals surface area contributed by atoms with Gasteiger partial charge in [0.15, 0.2) is 17.5 Å². The second-order valence-electron chi connectivity index (χ2n) is 13.3. The fraction of sp³-hybridized carbons (Fsp3) is 0. The van der Waals surface area contributed by atoms with Gasteiger partial charge in [-0.1, -0.05) is 152 Å². The minimum atomic E-state index is 0.646. The molecule has 10 aromatic rings. The molecule has 0 radical (unpaired) electrons. The first kappa shape index (κ1) is 29.9. The third-order valence-corrected chi connectivity index (χ3v) is 10.0. The lowest BCUT2D eigenvalue weighted by Gasteiger charge is -2.11. The zero-order valence-corrected chi connectivity index (χ0v) is 28.2. The molecular weight excluding hydrogens is 631 g/mol. The van der Waals surface area contributed by atoms with Crippen molar-refractivity contribution in [2.24, 2.45) is 0 Å². The molecule has 0 bridgehead atoms. The second kappa shape index (κ2) is 12.4. The molecule has 0 atom stereocenters. The summed E-state index contributed by atoms with van der Waals surface area (Å²) in [5.41, 5.74) is 7.66. The van der Waals surface area contributed by atoms with E-state index in [9.17, 15) is 0 Å². The van der Waals surface area contributed by atoms with Crippen LogP contribution in [0.3, 0.4) is 0 Å². The maximum atomic E-state index is 5.11. The molecular formula is C49H31N3. The maximum Gasteiger partial charge on any atom is 0.164 e. The van der Waals surface area contributed by atoms with Crippen LogP contribution in [-0.4, -0.2) is 15.0 Å². The van der Waals surface area contributed by atoms with Crippen molar-refractivity contribution in [3.8, 4) is 56.4 Å². The summed E-state index contributed by atoms with van der Waals surface area (Å²) in [6.07, 6.45) is 0. The molecule has 0 unspecified atom stereocenters. The van der Waals surface area contributed by atoms with Gasteiger partial charge in [-0.3, -0.25) is 0 Å². The predicted octanol–water partition coefficient (Wildman–Crippen LogP) is 12.8. The van der Waals surface area contributed by atoms with Crippen LogP contribution in [0.2, 0.25) is 0 Å². The number of hydrogen-bond acceptors (Lipinski definition) is 3. The Morgan fingerprint density at radius 2 is 0.462 bits per heavy atom. The van der Waals surface area contributed by atoms with Crippen molar-refractivity contribution in [1.82, 2.24) is 15.0 Å². The number of benzene rings is 9. The number of nitrogens with zero attached hydrogens (tertiary/aromatic N) is 3. The Morgan fingerprint density at radius 3 is 0.865 bits per heavy atom. The summed E-state index contributed by atoms with van der Waals surface area (Å²) in [5, 5.41) is 9.44. The molecule has 3 nitrogen and oxygen atoms in total. The minimum Gasteiger partial charge on any atom is -0.208 e. The molecule has 10 rings (SSSR count). The molecule has 0 aliphatic rings. The first-order valence-electron chi connectivity index (χ1n) is 17.6. The van der Waals surface area contributed by atoms with Gasteiger partial charge in [-0.2, -0.15) is 0 Å². The van der Waals surface area contributed by atoms with Crippen LogP contribution in [0.1, 0.15) is 0 Å². The summed E-state index contributed by atoms with van der Waals surface area (Å²) in [5.74, 6) is 1.94. The quantitative estimate of drug-likeness (QED) is 0.184. The van der Waals surface area contributed by atoms with Gasteiger partial charge in [0.1, 0.15) is 0 Å². The molecule has 242 valence electrons. The number of rotatable bonds is 5. The lowest BCUT2D eigenvalue weighted by Crippen LogP contribution is -2.00. The Labute approximate surface area is 301 Å². The van der Waals surface area contributed by atoms with Crippen molar-refractivity contribution in [2.75, 3.05) is 0 Å². The van der Waals surface area contributed by atoms with E-state index in [0.717, 1.165) is 32.8 Å². The van der Waals surface area contributed by atoms with Crippen molar-refractivity contribution in [1.29, 1.82) is 0 Å². The highest BCUT2D eigenvalue weighted by atomic mass is 15.0. The fourth-order valence-electron chi connectivity index (χ4n) is 7.22. The highest BCUT2D eigenvalue weighted by Crippen LogP contribution is 2.33. The van der Waals surface area contributed by atoms with Crippen LogP contribution < -0.4 is 0 Å². The first-order chi connectivity index (χ1) is 25.7. The molecule has 0 saturated carbocycles. The summed E-state index contributed by atoms with van der Waals surface area (Å²) in [6, 6.07) is 66.7. The Kier molecular flexibility index (Phi) is 7.14. The molecule has 0 N–H and O–H groups in total. The van der Waals surface area contributed by atoms with Crippen LogP contribution in [0.4, 0.5) is 0 Å². The molecule has 52 heavy (non-hydrogen) atoms. The second-order valence-corrected chi connectivity index (χ2v) is 13.3. The number of hydrogen-bond donors (Lipinski definition) is 0. The average Bonchev–Trinajstić information content (AvgIpc) is 3.22. The minimum absolute atomic E-state index is 0.646. The normalized spacial score (nSPS) is 11.5. The standard InChI is InChI=1S/C49H31N3/c1-2-8-32(9-3-1)37-17-18-42-30-45(24-21-40(42)27-37)48-50-47(44-23-15-34-11-5-7-13-36(34)29-44)51-49(52-48)46-25-22-41-28-39(19-20-43(41)31-46)38-16-14-33-10-4-6-12-35(33)26-38/h1-31H. The van der Waals surface area contributed by atoms with E-state index >= 15 is 0 Å². The van der Waals surface area contributed by atoms with Crippen molar-refractivity contribution < 1.29 is 0 Å². The zero-order valence-electron chi connectivity index (χ0n) is 28.2. The SMILES string of the molecule is c1ccc(-c2ccc3cc(-c4nc(-c5ccc6ccccc6c5)nc(-c5ccc6cc(-c7ccc8ccccc8c7)ccc6c5)n4)ccc3c2)cc1. The lowest BCUT2D eigenvalue weighted by molar-refractivity contribution is 1.08. The molecule has 1 heterocycles. The molecule has 1 aromatic heterocycles. The maximum absolute atomic E-state index is 5.11. The van der Waals surface area contributed by atoms with Crippen molar-refractivity contribution in [3.05, 3.63) is 188 Å². The van der Waals surface area contributed by atoms with E-state index in [-0.39, 0.29) is 0 Å². The van der Waals surface area contributed by atoms with Crippen molar-refractivity contribution >= 4 is 43.1 Å². The monoisotopic (exact) mass is 661 g/mol. The summed E-state index contributed by atoms with van der Waals surface area (Å²) < 4.78 is 0. The van der Waals surface area contributed by atoms with E-state index < -0.39 is 0 Å². The van der Waals surface area contributed by atoms with Gasteiger partial charge in [0.2, 0.25) is 0 Å². The molecule has 0 fully saturated rings. The van der Waals surface area contributed by atoms with Gasteiger partial charge in [-0.25, -0.2) is 15.0 Å². The summed E-state index contributed by atoms with van der Waals surface area (Å²) in [7, 11) is 0. The van der Waals surface area contributed by atoms with Gasteiger partial charge < -0.3 is 0 Å². The lowest BCUT2D eigenvalue weighted by atomic mass is 9.98. The van der Waals surface area contributed by atoms with Gasteiger partial charge in [-0.05, 0) is 102 Å². The topological polar surface area (TPSA) is 38.7 Å². The first-order valence-corrected chi connectivity index (χ1v) is 17.6. The Morgan fingerprint density at radius 1 is 0.192 bits per heavy atom. The van der Waals surface area contributed by atoms with Gasteiger partial charge in [0, 0.05) is 16.7 Å². The van der Waals surface area contributed by atoms with E-state index in [2.05, 4.69) is 182 Å². The van der Waals surface area contributed by atoms with E-state index in [0.29, 0.717) is 17.5 Å². The Balaban J connectivity index is 1.07. The van der Waals surface area contributed by atoms with Crippen LogP contribution >= 0.6 is 0 Å². The fourth-order valence-corrected chi connectivity index (χ4v) is 7.22. The van der Waals surface area contributed by atoms with E-state index in [1.54, 1.807) is 0 Å². The van der Waals surface area contributed by atoms with Gasteiger partial charge in [0.05, 0.1) is 0 Å². The smallest absolute Gasteiger partial charge is 0.164 e. The predicted molar refractivity (Wildman–Crippen MR) is 217 cm³/mol. The number of fused-ring (bicyclic) bond motifs is 4. The van der Waals surface area contributed by atoms with Crippen LogP contribution in [0.25, 0.3) is 99.5 Å². The molecule has 0 aliphatic carbocycles. The van der Waals surface area contributed by atoms with Crippen molar-refractivity contribution in [3.63, 3.8) is 0 Å². The molecule has 9 aromatic carbocycles. The molecule has 0 amide bonds. The molecule has 3 heteroatoms. The highest BCUT2D eigenvalue weighted by Gasteiger charge is 2.14. The van der Waals surface area contributed by atoms with Crippen LogP contribution in [0.5, 0.6) is 0 Å². The van der Waals surface area contributed by atoms with Gasteiger partial charge >= 0.3 is 0 Å². The molecule has 0 aliphatic heterocycles. The summed E-state index contributed by atoms with van der Waals surface area (Å²) in [6.45, 7) is 0. The Hall–Kier alpha value is -6.97. The largest absolute Gasteiger partial charge is 0.208 e. The summed E-state index contributed by atoms with van der Waals surface area (Å²) >= 11 is 0. The zero-order chi connectivity index (χ0) is 34.4. The van der Waals surface area contributed by atoms with Gasteiger partial charge in [-0.15, -0.1) is 0 Å². The van der Waals surface area contributed by atoms with Crippen molar-refractivity contribution in [2.45, 2.75) is 0 Å².